The van der Waals surface area contributed by atoms with Crippen LogP contribution in [0.1, 0.15) is 5.56 Å². The molecule has 2 amide bonds. The second kappa shape index (κ2) is 9.11. The van der Waals surface area contributed by atoms with Crippen LogP contribution in [0.4, 0.5) is 0 Å². The average Bonchev–Trinajstić information content (AvgIpc) is 2.69. The van der Waals surface area contributed by atoms with E-state index in [0.29, 0.717) is 22.1 Å². The molecule has 0 aliphatic carbocycles. The second-order valence-corrected chi connectivity index (χ2v) is 6.47. The number of benzene rings is 2. The number of amides is 2. The molecule has 1 aromatic heterocycles. The van der Waals surface area contributed by atoms with Crippen molar-refractivity contribution in [3.63, 3.8) is 0 Å². The third kappa shape index (κ3) is 5.73. The van der Waals surface area contributed by atoms with Gasteiger partial charge in [0.05, 0.1) is 0 Å². The molecule has 0 spiro atoms. The summed E-state index contributed by atoms with van der Waals surface area (Å²) in [7, 11) is 0. The van der Waals surface area contributed by atoms with Crippen LogP contribution in [-0.2, 0) is 9.59 Å². The van der Waals surface area contributed by atoms with Gasteiger partial charge in [-0.05, 0) is 48.9 Å². The van der Waals surface area contributed by atoms with Crippen molar-refractivity contribution in [2.75, 3.05) is 13.2 Å². The maximum Gasteiger partial charge on any atom is 0.336 e. The molecule has 0 aliphatic rings. The topological polar surface area (TPSA) is 107 Å². The lowest BCUT2D eigenvalue weighted by Crippen LogP contribution is -2.45. The number of rotatable bonds is 6. The quantitative estimate of drug-likeness (QED) is 0.472. The molecule has 3 aromatic rings. The molecule has 3 rings (SSSR count). The van der Waals surface area contributed by atoms with E-state index in [1.807, 2.05) is 0 Å². The van der Waals surface area contributed by atoms with Gasteiger partial charge in [0.15, 0.2) is 13.2 Å². The number of fused-ring (bicyclic) bond motifs is 1. The highest BCUT2D eigenvalue weighted by Gasteiger charge is 2.08. The van der Waals surface area contributed by atoms with E-state index < -0.39 is 17.4 Å². The molecule has 150 valence electrons. The molecular formula is C20H17ClN2O6. The minimum Gasteiger partial charge on any atom is -0.484 e. The van der Waals surface area contributed by atoms with E-state index in [1.54, 1.807) is 43.3 Å². The van der Waals surface area contributed by atoms with Gasteiger partial charge >= 0.3 is 5.63 Å². The lowest BCUT2D eigenvalue weighted by Gasteiger charge is -2.10. The summed E-state index contributed by atoms with van der Waals surface area (Å²) in [5.74, 6) is -0.303. The molecule has 0 aliphatic heterocycles. The summed E-state index contributed by atoms with van der Waals surface area (Å²) >= 11 is 5.76. The third-order valence-corrected chi connectivity index (χ3v) is 4.07. The zero-order valence-corrected chi connectivity index (χ0v) is 16.1. The average molecular weight is 417 g/mol. The van der Waals surface area contributed by atoms with Gasteiger partial charge in [0, 0.05) is 22.5 Å². The summed E-state index contributed by atoms with van der Waals surface area (Å²) in [4.78, 5) is 35.0. The number of ether oxygens (including phenoxy) is 2. The molecule has 2 N–H and O–H groups in total. The van der Waals surface area contributed by atoms with Crippen molar-refractivity contribution in [1.29, 1.82) is 0 Å². The zero-order chi connectivity index (χ0) is 20.8. The minimum absolute atomic E-state index is 0.286. The van der Waals surface area contributed by atoms with E-state index in [1.165, 1.54) is 12.1 Å². The van der Waals surface area contributed by atoms with E-state index in [0.717, 1.165) is 10.9 Å². The van der Waals surface area contributed by atoms with Gasteiger partial charge in [-0.15, -0.1) is 0 Å². The summed E-state index contributed by atoms with van der Waals surface area (Å²) in [6, 6.07) is 12.8. The zero-order valence-electron chi connectivity index (χ0n) is 15.4. The van der Waals surface area contributed by atoms with Crippen molar-refractivity contribution in [3.8, 4) is 11.5 Å². The number of carbonyl (C=O) groups excluding carboxylic acids is 2. The van der Waals surface area contributed by atoms with Gasteiger partial charge in [-0.3, -0.25) is 20.4 Å². The molecule has 0 bridgehead atoms. The van der Waals surface area contributed by atoms with Crippen LogP contribution in [0.5, 0.6) is 11.5 Å². The lowest BCUT2D eigenvalue weighted by molar-refractivity contribution is -0.131. The molecule has 0 fully saturated rings. The normalized spacial score (nSPS) is 10.4. The Bertz CT molecular complexity index is 1090. The van der Waals surface area contributed by atoms with Crippen LogP contribution >= 0.6 is 11.6 Å². The molecular weight excluding hydrogens is 400 g/mol. The maximum atomic E-state index is 11.8. The molecule has 8 nitrogen and oxygen atoms in total. The van der Waals surface area contributed by atoms with Crippen molar-refractivity contribution < 1.29 is 23.5 Å². The summed E-state index contributed by atoms with van der Waals surface area (Å²) < 4.78 is 15.7. The number of hydrogen-bond acceptors (Lipinski definition) is 6. The highest BCUT2D eigenvalue weighted by molar-refractivity contribution is 6.30. The number of aryl methyl sites for hydroxylation is 1. The standard InChI is InChI=1S/C20H17ClN2O6/c1-12-8-20(26)29-17-9-15(6-7-16(12)17)28-11-19(25)23-22-18(24)10-27-14-4-2-13(21)3-5-14/h2-9H,10-11H2,1H3,(H,22,24)(H,23,25). The Hall–Kier alpha value is -3.52. The summed E-state index contributed by atoms with van der Waals surface area (Å²) in [5.41, 5.74) is 5.11. The number of hydrogen-bond donors (Lipinski definition) is 2. The van der Waals surface area contributed by atoms with E-state index in [4.69, 9.17) is 25.5 Å². The fourth-order valence-corrected chi connectivity index (χ4v) is 2.56. The van der Waals surface area contributed by atoms with Gasteiger partial charge in [-0.25, -0.2) is 4.79 Å². The largest absolute Gasteiger partial charge is 0.484 e. The van der Waals surface area contributed by atoms with Gasteiger partial charge in [-0.1, -0.05) is 11.6 Å². The Morgan fingerprint density at radius 3 is 2.17 bits per heavy atom. The van der Waals surface area contributed by atoms with E-state index in [2.05, 4.69) is 10.9 Å². The molecule has 0 saturated carbocycles. The van der Waals surface area contributed by atoms with E-state index in [-0.39, 0.29) is 13.2 Å². The first-order chi connectivity index (χ1) is 13.9. The number of carbonyl (C=O) groups is 2. The first kappa shape index (κ1) is 20.2. The van der Waals surface area contributed by atoms with Crippen LogP contribution in [0, 0.1) is 6.92 Å². The molecule has 0 atom stereocenters. The van der Waals surface area contributed by atoms with Crippen molar-refractivity contribution in [3.05, 3.63) is 69.5 Å². The number of hydrazine groups is 1. The van der Waals surface area contributed by atoms with Gasteiger partial charge in [0.25, 0.3) is 11.8 Å². The monoisotopic (exact) mass is 416 g/mol. The molecule has 0 saturated heterocycles. The second-order valence-electron chi connectivity index (χ2n) is 6.03. The van der Waals surface area contributed by atoms with Crippen molar-refractivity contribution >= 4 is 34.4 Å². The van der Waals surface area contributed by atoms with E-state index in [9.17, 15) is 14.4 Å². The summed E-state index contributed by atoms with van der Waals surface area (Å²) in [6.45, 7) is 1.16. The molecule has 2 aromatic carbocycles. The third-order valence-electron chi connectivity index (χ3n) is 3.82. The van der Waals surface area contributed by atoms with Gasteiger partial charge in [-0.2, -0.15) is 0 Å². The highest BCUT2D eigenvalue weighted by Crippen LogP contribution is 2.22. The minimum atomic E-state index is -0.573. The van der Waals surface area contributed by atoms with Crippen LogP contribution in [0.15, 0.2) is 57.7 Å². The van der Waals surface area contributed by atoms with Crippen molar-refractivity contribution in [1.82, 2.24) is 10.9 Å². The molecule has 29 heavy (non-hydrogen) atoms. The smallest absolute Gasteiger partial charge is 0.336 e. The Morgan fingerprint density at radius 1 is 0.931 bits per heavy atom. The van der Waals surface area contributed by atoms with Crippen LogP contribution < -0.4 is 26.0 Å². The fraction of sp³-hybridized carbons (Fsp3) is 0.150. The summed E-state index contributed by atoms with van der Waals surface area (Å²) in [5, 5.41) is 1.33. The van der Waals surface area contributed by atoms with Gasteiger partial charge in [0.2, 0.25) is 0 Å². The first-order valence-corrected chi connectivity index (χ1v) is 8.92. The Morgan fingerprint density at radius 2 is 1.52 bits per heavy atom. The Balaban J connectivity index is 1.44. The Kier molecular flexibility index (Phi) is 6.36. The van der Waals surface area contributed by atoms with Crippen LogP contribution in [0.25, 0.3) is 11.0 Å². The fourth-order valence-electron chi connectivity index (χ4n) is 2.44. The SMILES string of the molecule is Cc1cc(=O)oc2cc(OCC(=O)NNC(=O)COc3ccc(Cl)cc3)ccc12. The predicted octanol–water partition coefficient (Wildman–Crippen LogP) is 2.36. The van der Waals surface area contributed by atoms with Crippen LogP contribution in [0.2, 0.25) is 5.02 Å². The van der Waals surface area contributed by atoms with Crippen molar-refractivity contribution in [2.45, 2.75) is 6.92 Å². The maximum absolute atomic E-state index is 11.8. The van der Waals surface area contributed by atoms with Crippen molar-refractivity contribution in [2.24, 2.45) is 0 Å². The first-order valence-electron chi connectivity index (χ1n) is 8.54. The number of nitrogens with one attached hydrogen (secondary N) is 2. The van der Waals surface area contributed by atoms with Crippen LogP contribution in [0.3, 0.4) is 0 Å². The van der Waals surface area contributed by atoms with E-state index >= 15 is 0 Å². The lowest BCUT2D eigenvalue weighted by atomic mass is 10.1. The van der Waals surface area contributed by atoms with Crippen LogP contribution in [-0.4, -0.2) is 25.0 Å². The predicted molar refractivity (Wildman–Crippen MR) is 106 cm³/mol. The molecule has 9 heteroatoms. The Labute approximate surface area is 170 Å². The van der Waals surface area contributed by atoms with Gasteiger partial charge in [0.1, 0.15) is 17.1 Å². The van der Waals surface area contributed by atoms with Gasteiger partial charge < -0.3 is 13.9 Å². The number of halogens is 1. The molecule has 0 unspecified atom stereocenters. The summed E-state index contributed by atoms with van der Waals surface area (Å²) in [6.07, 6.45) is 0. The molecule has 1 heterocycles. The highest BCUT2D eigenvalue weighted by atomic mass is 35.5. The molecule has 0 radical (unpaired) electrons.